The Morgan fingerprint density at radius 2 is 0.930 bits per heavy atom. The number of benzene rings is 4. The number of hydrogen-bond donors (Lipinski definition) is 2. The minimum absolute atomic E-state index is 0.00656. The van der Waals surface area contributed by atoms with E-state index in [2.05, 4.69) is 30.3 Å². The molecule has 35 heteroatoms. The van der Waals surface area contributed by atoms with Crippen molar-refractivity contribution in [2.75, 3.05) is 33.5 Å². The minimum atomic E-state index is -3.22. The van der Waals surface area contributed by atoms with Gasteiger partial charge in [-0.05, 0) is 35.2 Å². The Labute approximate surface area is 667 Å². The van der Waals surface area contributed by atoms with Gasteiger partial charge in [-0.3, -0.25) is 43.2 Å². The number of carbonyl (C=O) groups is 11. The third-order valence-electron chi connectivity index (χ3n) is 18.4. The number of ether oxygens (including phenoxy) is 21. The van der Waals surface area contributed by atoms with Gasteiger partial charge in [-0.15, -0.1) is 0 Å². The van der Waals surface area contributed by atoms with E-state index < -0.39 is 228 Å². The summed E-state index contributed by atoms with van der Waals surface area (Å²) in [5.41, 5.74) is 2.83. The molecule has 0 spiro atoms. The number of methoxy groups -OCH3 is 1. The van der Waals surface area contributed by atoms with E-state index in [0.29, 0.717) is 17.2 Å². The van der Waals surface area contributed by atoms with Crippen LogP contribution in [-0.2, 0) is 174 Å². The van der Waals surface area contributed by atoms with Crippen LogP contribution in [0.5, 0.6) is 0 Å². The fourth-order valence-electron chi connectivity index (χ4n) is 13.4. The first-order chi connectivity index (χ1) is 54.7. The number of alkyl carbamates (subject to hydrolysis) is 1. The molecule has 2 N–H and O–H groups in total. The molecule has 0 radical (unpaired) electrons. The van der Waals surface area contributed by atoms with Crippen molar-refractivity contribution in [3.05, 3.63) is 144 Å². The van der Waals surface area contributed by atoms with Gasteiger partial charge in [0.15, 0.2) is 43.3 Å². The van der Waals surface area contributed by atoms with Gasteiger partial charge in [0.1, 0.15) is 93.5 Å². The second-order valence-electron chi connectivity index (χ2n) is 29.0. The molecule has 34 nitrogen and oxygen atoms in total. The summed E-state index contributed by atoms with van der Waals surface area (Å²) >= 11 is 0. The molecule has 4 aromatic carbocycles. The largest absolute Gasteiger partial charge is 0.465 e. The number of carbonyl (C=O) groups excluding carboxylic acids is 11. The van der Waals surface area contributed by atoms with Crippen LogP contribution >= 0.6 is 0 Å². The van der Waals surface area contributed by atoms with Crippen LogP contribution in [0.2, 0.25) is 25.7 Å². The summed E-state index contributed by atoms with van der Waals surface area (Å²) in [5, 5.41) is 5.49. The third-order valence-corrected chi connectivity index (χ3v) is 20.1. The van der Waals surface area contributed by atoms with Gasteiger partial charge in [0, 0.05) is 77.0 Å². The third kappa shape index (κ3) is 27.7. The maximum absolute atomic E-state index is 15.4. The summed E-state index contributed by atoms with van der Waals surface area (Å²) in [6.45, 7) is 14.1. The molecule has 4 fully saturated rings. The molecule has 0 bridgehead atoms. The molecular weight excluding hydrogens is 1530 g/mol. The predicted molar refractivity (Wildman–Crippen MR) is 398 cm³/mol. The maximum Gasteiger partial charge on any atom is 0.407 e. The van der Waals surface area contributed by atoms with Gasteiger partial charge in [0.25, 0.3) is 5.79 Å². The average Bonchev–Trinajstić information content (AvgIpc) is 0.744. The monoisotopic (exact) mass is 1630 g/mol. The van der Waals surface area contributed by atoms with Gasteiger partial charge in [0.2, 0.25) is 5.91 Å². The van der Waals surface area contributed by atoms with Gasteiger partial charge < -0.3 is 110 Å². The summed E-state index contributed by atoms with van der Waals surface area (Å²) in [5.74, 6) is -13.9. The molecule has 4 aliphatic rings. The molecule has 115 heavy (non-hydrogen) atoms. The van der Waals surface area contributed by atoms with E-state index >= 15 is 4.79 Å². The van der Waals surface area contributed by atoms with Crippen molar-refractivity contribution in [2.24, 2.45) is 0 Å². The molecule has 0 aromatic heterocycles. The molecule has 21 atom stereocenters. The quantitative estimate of drug-likeness (QED) is 0.0286. The Hall–Kier alpha value is -9.37. The highest BCUT2D eigenvalue weighted by Gasteiger charge is 2.65. The first-order valence-electron chi connectivity index (χ1n) is 37.5. The van der Waals surface area contributed by atoms with Gasteiger partial charge in [-0.25, -0.2) is 9.59 Å². The van der Waals surface area contributed by atoms with E-state index in [0.717, 1.165) is 80.6 Å². The Kier molecular flexibility index (Phi) is 34.5. The van der Waals surface area contributed by atoms with Gasteiger partial charge in [0.05, 0.1) is 45.5 Å². The lowest BCUT2D eigenvalue weighted by atomic mass is 9.87. The number of nitrogens with one attached hydrogen (secondary N) is 2. The number of amides is 2. The van der Waals surface area contributed by atoms with Crippen molar-refractivity contribution in [3.63, 3.8) is 0 Å². The first-order valence-corrected chi connectivity index (χ1v) is 41.2. The van der Waals surface area contributed by atoms with Crippen molar-refractivity contribution < 1.29 is 152 Å². The average molecular weight is 1630 g/mol. The van der Waals surface area contributed by atoms with Crippen LogP contribution in [0.3, 0.4) is 0 Å². The lowest BCUT2D eigenvalue weighted by molar-refractivity contribution is -0.393. The molecule has 4 aromatic rings. The molecule has 2 amide bonds. The highest BCUT2D eigenvalue weighted by Crippen LogP contribution is 2.44. The van der Waals surface area contributed by atoms with E-state index in [-0.39, 0.29) is 33.0 Å². The Bertz CT molecular complexity index is 3860. The zero-order valence-corrected chi connectivity index (χ0v) is 67.7. The molecule has 8 rings (SSSR count). The fraction of sp³-hybridized carbons (Fsp3) is 0.562. The Balaban J connectivity index is 1.38. The van der Waals surface area contributed by atoms with Crippen LogP contribution in [0.1, 0.15) is 97.9 Å². The van der Waals surface area contributed by atoms with Crippen LogP contribution in [0, 0.1) is 0 Å². The Morgan fingerprint density at radius 3 is 1.42 bits per heavy atom. The van der Waals surface area contributed by atoms with Crippen molar-refractivity contribution in [2.45, 2.75) is 256 Å². The number of hydrogen-bond acceptors (Lipinski definition) is 32. The molecule has 4 heterocycles. The summed E-state index contributed by atoms with van der Waals surface area (Å²) in [4.78, 5) is 151. The molecule has 0 saturated carbocycles. The predicted octanol–water partition coefficient (Wildman–Crippen LogP) is 6.25. The van der Waals surface area contributed by atoms with Gasteiger partial charge >= 0.3 is 59.8 Å². The maximum atomic E-state index is 15.4. The van der Waals surface area contributed by atoms with Crippen molar-refractivity contribution in [1.29, 1.82) is 0 Å². The number of esters is 9. The normalized spacial score (nSPS) is 27.8. The first kappa shape index (κ1) is 91.2. The lowest BCUT2D eigenvalue weighted by Crippen LogP contribution is -2.72. The zero-order valence-electron chi connectivity index (χ0n) is 66.7. The SMILES string of the molecule is COC(=O)[C@@]1(O[C@H]2[C@@H](OC(C)=O)[C@@H](COC(C)=O)O[C@@H](O[C@H]3[C@H](O[C@@H]4O[C@@H](C)[C@@H](OCc5ccccc5)[C@@H](OCc5ccccc5)[C@@H]4OCc4ccccc4)[C@@H](NC(=O)OCc4ccccc4)[C@H](OCC[Si](C)(C)C)O[C@@H]3COC(C)=O)[C@@H]2OC(C)=O)C[C@H](OC(C)=O)[C@@H](NC(C)=O)[C@H]([C@H](OC(C)=O)[C@@H](COC(C)=O)OC(C)=O)O1. The van der Waals surface area contributed by atoms with E-state index in [9.17, 15) is 47.9 Å². The van der Waals surface area contributed by atoms with Crippen molar-refractivity contribution >= 4 is 73.8 Å². The molecule has 4 aliphatic heterocycles. The molecule has 4 saturated heterocycles. The zero-order chi connectivity index (χ0) is 83.7. The smallest absolute Gasteiger partial charge is 0.407 e. The lowest BCUT2D eigenvalue weighted by Gasteiger charge is -2.53. The van der Waals surface area contributed by atoms with Crippen LogP contribution in [-0.4, -0.2) is 236 Å². The standard InChI is InChI=1S/C80H104N2O32Si/c1-45-65(99-38-55-27-19-15-20-28-55)71(100-39-56-29-21-16-22-30-56)73(101-40-57-31-23-17-24-32-57)76(103-45)112-69-64(82-79(93)102-41-58-33-25-18-26-34-58)75(95-35-36-115(12,13)14)109-61(43-97-48(4)85)66(69)111-77-74(108-54(10)91)72(68(107-53(9)90)62(110-77)44-98-49(5)86)114-80(78(92)94-11)37-59(104-50(6)87)63(81-46(2)83)70(113-80)67(106-52(8)89)60(105-51(7)88)42-96-47(3)84/h15-34,45,59-77H,35-44H2,1-14H3,(H,81,83)(H,82,93)/t45-,59-,60+,61+,62+,63+,64+,65+,66+,67+,68-,69+,70+,71+,72-,73-,74+,75+,76-,77-,80-/m0/s1. The van der Waals surface area contributed by atoms with E-state index in [1.54, 1.807) is 37.3 Å². The highest BCUT2D eigenvalue weighted by molar-refractivity contribution is 6.76. The number of rotatable bonds is 37. The second kappa shape index (κ2) is 43.5. The topological polar surface area (TPSA) is 406 Å². The highest BCUT2D eigenvalue weighted by atomic mass is 28.3. The summed E-state index contributed by atoms with van der Waals surface area (Å²) < 4.78 is 135. The van der Waals surface area contributed by atoms with E-state index in [1.165, 1.54) is 0 Å². The van der Waals surface area contributed by atoms with Crippen molar-refractivity contribution in [1.82, 2.24) is 10.6 Å². The van der Waals surface area contributed by atoms with Crippen molar-refractivity contribution in [3.8, 4) is 0 Å². The second-order valence-corrected chi connectivity index (χ2v) is 34.6. The molecular formula is C80H104N2O32Si. The fourth-order valence-corrected chi connectivity index (χ4v) is 14.1. The van der Waals surface area contributed by atoms with Crippen LogP contribution in [0.4, 0.5) is 4.79 Å². The van der Waals surface area contributed by atoms with Crippen LogP contribution in [0.25, 0.3) is 0 Å². The van der Waals surface area contributed by atoms with E-state index in [1.807, 2.05) is 91.0 Å². The summed E-state index contributed by atoms with van der Waals surface area (Å²) in [7, 11) is -1.15. The summed E-state index contributed by atoms with van der Waals surface area (Å²) in [6, 6.07) is 33.6. The Morgan fingerprint density at radius 1 is 0.461 bits per heavy atom. The van der Waals surface area contributed by atoms with E-state index in [4.69, 9.17) is 99.5 Å². The molecule has 0 unspecified atom stereocenters. The van der Waals surface area contributed by atoms with Gasteiger partial charge in [-0.2, -0.15) is 0 Å². The van der Waals surface area contributed by atoms with Crippen LogP contribution in [0.15, 0.2) is 121 Å². The van der Waals surface area contributed by atoms with Crippen LogP contribution < -0.4 is 10.6 Å². The minimum Gasteiger partial charge on any atom is -0.465 e. The molecule has 630 valence electrons. The van der Waals surface area contributed by atoms with Gasteiger partial charge in [-0.1, -0.05) is 141 Å². The molecule has 0 aliphatic carbocycles. The summed E-state index contributed by atoms with van der Waals surface area (Å²) in [6.07, 6.45) is -34.1.